The van der Waals surface area contributed by atoms with E-state index in [1.165, 1.54) is 9.47 Å². The van der Waals surface area contributed by atoms with Gasteiger partial charge >= 0.3 is 10.8 Å². The van der Waals surface area contributed by atoms with Crippen LogP contribution in [0, 0.1) is 12.8 Å². The fourth-order valence-electron chi connectivity index (χ4n) is 5.48. The first-order valence-corrected chi connectivity index (χ1v) is 15.9. The third-order valence-corrected chi connectivity index (χ3v) is 10.4. The topological polar surface area (TPSA) is 115 Å². The summed E-state index contributed by atoms with van der Waals surface area (Å²) in [7, 11) is 0. The highest BCUT2D eigenvalue weighted by Gasteiger charge is 2.56. The number of nitrogens with one attached hydrogen (secondary N) is 1. The number of rotatable bonds is 7. The monoisotopic (exact) mass is 647 g/mol. The van der Waals surface area contributed by atoms with Crippen LogP contribution in [0.5, 0.6) is 0 Å². The lowest BCUT2D eigenvalue weighted by molar-refractivity contribution is -0.122. The summed E-state index contributed by atoms with van der Waals surface area (Å²) >= 11 is 8.29. The number of amides is 3. The Morgan fingerprint density at radius 1 is 0.932 bits per heavy atom. The highest BCUT2D eigenvalue weighted by atomic mass is 35.5. The van der Waals surface area contributed by atoms with E-state index in [0.717, 1.165) is 34.2 Å². The van der Waals surface area contributed by atoms with Gasteiger partial charge in [0.2, 0.25) is 17.7 Å². The number of esters is 1. The summed E-state index contributed by atoms with van der Waals surface area (Å²) in [5.41, 5.74) is 3.03. The molecular weight excluding hydrogens is 622 g/mol. The molecule has 0 radical (unpaired) electrons. The lowest BCUT2D eigenvalue weighted by Gasteiger charge is -2.30. The summed E-state index contributed by atoms with van der Waals surface area (Å²) in [4.78, 5) is 67.7. The summed E-state index contributed by atoms with van der Waals surface area (Å²) in [5, 5.41) is 2.97. The molecule has 224 valence electrons. The molecule has 0 aliphatic carbocycles. The van der Waals surface area contributed by atoms with Crippen molar-refractivity contribution in [2.45, 2.75) is 36.6 Å². The Kier molecular flexibility index (Phi) is 8.19. The molecule has 1 aromatic heterocycles. The second kappa shape index (κ2) is 12.1. The first-order valence-electron chi connectivity index (χ1n) is 13.8. The zero-order valence-electron chi connectivity index (χ0n) is 23.6. The van der Waals surface area contributed by atoms with E-state index >= 15 is 0 Å². The van der Waals surface area contributed by atoms with Crippen LogP contribution in [0.4, 0.5) is 11.4 Å². The van der Waals surface area contributed by atoms with Gasteiger partial charge < -0.3 is 10.1 Å². The number of nitrogens with zero attached hydrogens (tertiary/aromatic N) is 2. The number of carbonyl (C=O) groups is 4. The number of aromatic nitrogens is 1. The number of imide groups is 1. The summed E-state index contributed by atoms with van der Waals surface area (Å²) in [5.74, 6) is -2.96. The number of thiazole rings is 1. The number of ether oxygens (including phenoxy) is 1. The average molecular weight is 648 g/mol. The SMILES string of the molecule is CCOC(=O)c1ccc(NC(=O)Cn2c3c(sc2=O)C(c2ccc(Cl)cc2)C2C(=O)N(c4ccc(C)cc4)C(=O)C2S3)cc1. The van der Waals surface area contributed by atoms with Crippen LogP contribution in [0.15, 0.2) is 82.6 Å². The van der Waals surface area contributed by atoms with Crippen LogP contribution in [0.2, 0.25) is 5.02 Å². The standard InChI is InChI=1S/C32H26ClN3O6S2/c1-3-42-31(40)19-8-12-21(13-9-19)34-23(37)16-35-30-27(44-32(35)41)24(18-6-10-20(33)11-7-18)25-26(43-30)29(39)36(28(25)38)22-14-4-17(2)5-15-22/h4-15,24-26H,3,16H2,1-2H3,(H,34,37). The van der Waals surface area contributed by atoms with Crippen molar-refractivity contribution in [1.82, 2.24) is 4.57 Å². The summed E-state index contributed by atoms with van der Waals surface area (Å²) in [6.07, 6.45) is 0. The number of benzene rings is 3. The number of aryl methyl sites for hydroxylation is 1. The molecular formula is C32H26ClN3O6S2. The van der Waals surface area contributed by atoms with Crippen molar-refractivity contribution in [3.8, 4) is 0 Å². The van der Waals surface area contributed by atoms with E-state index in [1.807, 2.05) is 19.1 Å². The molecule has 12 heteroatoms. The van der Waals surface area contributed by atoms with Gasteiger partial charge in [-0.05, 0) is 67.9 Å². The van der Waals surface area contributed by atoms with E-state index in [9.17, 15) is 24.0 Å². The predicted octanol–water partition coefficient (Wildman–Crippen LogP) is 5.48. The van der Waals surface area contributed by atoms with Gasteiger partial charge in [0.05, 0.1) is 28.8 Å². The van der Waals surface area contributed by atoms with Gasteiger partial charge in [0.1, 0.15) is 11.8 Å². The summed E-state index contributed by atoms with van der Waals surface area (Å²) in [6, 6.07) is 20.5. The first kappa shape index (κ1) is 29.9. The highest BCUT2D eigenvalue weighted by molar-refractivity contribution is 8.00. The van der Waals surface area contributed by atoms with Gasteiger partial charge in [-0.25, -0.2) is 9.69 Å². The van der Waals surface area contributed by atoms with Crippen molar-refractivity contribution < 1.29 is 23.9 Å². The molecule has 1 saturated heterocycles. The number of thioether (sulfide) groups is 1. The minimum Gasteiger partial charge on any atom is -0.462 e. The van der Waals surface area contributed by atoms with Gasteiger partial charge in [-0.2, -0.15) is 0 Å². The largest absolute Gasteiger partial charge is 0.462 e. The number of anilines is 2. The van der Waals surface area contributed by atoms with Crippen LogP contribution in [0.3, 0.4) is 0 Å². The van der Waals surface area contributed by atoms with Crippen molar-refractivity contribution in [2.24, 2.45) is 5.92 Å². The van der Waals surface area contributed by atoms with Crippen molar-refractivity contribution >= 4 is 69.8 Å². The minimum atomic E-state index is -0.796. The van der Waals surface area contributed by atoms with Gasteiger partial charge in [-0.1, -0.05) is 64.5 Å². The number of hydrogen-bond donors (Lipinski definition) is 1. The van der Waals surface area contributed by atoms with Crippen molar-refractivity contribution in [1.29, 1.82) is 0 Å². The molecule has 3 aromatic carbocycles. The van der Waals surface area contributed by atoms with Crippen LogP contribution in [-0.2, 0) is 25.7 Å². The Morgan fingerprint density at radius 2 is 1.61 bits per heavy atom. The zero-order valence-corrected chi connectivity index (χ0v) is 26.0. The van der Waals surface area contributed by atoms with Gasteiger partial charge in [-0.3, -0.25) is 23.7 Å². The predicted molar refractivity (Wildman–Crippen MR) is 170 cm³/mol. The van der Waals surface area contributed by atoms with E-state index in [1.54, 1.807) is 67.6 Å². The molecule has 0 saturated carbocycles. The number of hydrogen-bond acceptors (Lipinski definition) is 8. The lowest BCUT2D eigenvalue weighted by atomic mass is 9.83. The maximum absolute atomic E-state index is 14.0. The molecule has 6 rings (SSSR count). The van der Waals surface area contributed by atoms with Crippen molar-refractivity contribution in [2.75, 3.05) is 16.8 Å². The molecule has 3 atom stereocenters. The van der Waals surface area contributed by atoms with Crippen LogP contribution in [-0.4, -0.2) is 40.1 Å². The molecule has 0 bridgehead atoms. The van der Waals surface area contributed by atoms with Crippen molar-refractivity contribution in [3.63, 3.8) is 0 Å². The Hall–Kier alpha value is -4.19. The highest BCUT2D eigenvalue weighted by Crippen LogP contribution is 2.54. The Bertz CT molecular complexity index is 1830. The van der Waals surface area contributed by atoms with Gasteiger partial charge in [0.15, 0.2) is 0 Å². The first-order chi connectivity index (χ1) is 21.2. The van der Waals surface area contributed by atoms with Crippen LogP contribution >= 0.6 is 34.7 Å². The molecule has 1 N–H and O–H groups in total. The molecule has 44 heavy (non-hydrogen) atoms. The Morgan fingerprint density at radius 3 is 2.27 bits per heavy atom. The van der Waals surface area contributed by atoms with Gasteiger partial charge in [0.25, 0.3) is 0 Å². The average Bonchev–Trinajstić information content (AvgIpc) is 3.45. The molecule has 4 aromatic rings. The third-order valence-electron chi connectivity index (χ3n) is 7.55. The minimum absolute atomic E-state index is 0.249. The van der Waals surface area contributed by atoms with E-state index in [4.69, 9.17) is 16.3 Å². The normalized spacial score (nSPS) is 19.0. The van der Waals surface area contributed by atoms with E-state index in [0.29, 0.717) is 31.9 Å². The maximum Gasteiger partial charge on any atom is 0.338 e. The molecule has 1 fully saturated rings. The van der Waals surface area contributed by atoms with Crippen molar-refractivity contribution in [3.05, 3.63) is 109 Å². The molecule has 2 aliphatic rings. The van der Waals surface area contributed by atoms with Gasteiger partial charge in [0, 0.05) is 21.5 Å². The third kappa shape index (κ3) is 5.47. The summed E-state index contributed by atoms with van der Waals surface area (Å²) < 4.78 is 6.35. The quantitative estimate of drug-likeness (QED) is 0.209. The summed E-state index contributed by atoms with van der Waals surface area (Å²) in [6.45, 7) is 3.59. The van der Waals surface area contributed by atoms with E-state index in [2.05, 4.69) is 5.32 Å². The van der Waals surface area contributed by atoms with E-state index in [-0.39, 0.29) is 29.8 Å². The fraction of sp³-hybridized carbons (Fsp3) is 0.219. The fourth-order valence-corrected chi connectivity index (χ4v) is 8.38. The van der Waals surface area contributed by atoms with Crippen LogP contribution in [0.1, 0.15) is 39.2 Å². The second-order valence-corrected chi connectivity index (χ2v) is 13.0. The zero-order chi connectivity index (χ0) is 31.1. The van der Waals surface area contributed by atoms with Gasteiger partial charge in [-0.15, -0.1) is 0 Å². The molecule has 0 spiro atoms. The van der Waals surface area contributed by atoms with Crippen LogP contribution < -0.4 is 15.1 Å². The Balaban J connectivity index is 1.33. The smallest absolute Gasteiger partial charge is 0.338 e. The second-order valence-electron chi connectivity index (χ2n) is 10.4. The molecule has 3 amide bonds. The number of fused-ring (bicyclic) bond motifs is 2. The van der Waals surface area contributed by atoms with E-state index < -0.39 is 29.0 Å². The number of carbonyl (C=O) groups excluding carboxylic acids is 4. The number of halogens is 1. The maximum atomic E-state index is 14.0. The molecule has 2 aliphatic heterocycles. The lowest BCUT2D eigenvalue weighted by Crippen LogP contribution is -2.33. The molecule has 9 nitrogen and oxygen atoms in total. The Labute approximate surface area is 265 Å². The molecule has 3 heterocycles. The van der Waals surface area contributed by atoms with Crippen LogP contribution in [0.25, 0.3) is 0 Å². The molecule has 3 unspecified atom stereocenters.